The summed E-state index contributed by atoms with van der Waals surface area (Å²) in [5.41, 5.74) is 0. The van der Waals surface area contributed by atoms with Crippen molar-refractivity contribution in [2.75, 3.05) is 26.4 Å². The van der Waals surface area contributed by atoms with E-state index >= 15 is 0 Å². The minimum Gasteiger partial charge on any atom is -0.395 e. The van der Waals surface area contributed by atoms with E-state index in [0.29, 0.717) is 19.6 Å². The van der Waals surface area contributed by atoms with Gasteiger partial charge in [-0.25, -0.2) is 0 Å². The van der Waals surface area contributed by atoms with E-state index in [1.165, 1.54) is 0 Å². The van der Waals surface area contributed by atoms with E-state index in [9.17, 15) is 0 Å². The van der Waals surface area contributed by atoms with Crippen LogP contribution in [0.2, 0.25) is 0 Å². The van der Waals surface area contributed by atoms with Crippen molar-refractivity contribution in [1.29, 1.82) is 5.26 Å². The summed E-state index contributed by atoms with van der Waals surface area (Å²) in [5, 5.41) is 17.6. The molecule has 0 amide bonds. The van der Waals surface area contributed by atoms with Gasteiger partial charge < -0.3 is 9.84 Å². The molecule has 1 rings (SSSR count). The molecule has 1 aliphatic heterocycles. The van der Waals surface area contributed by atoms with Crippen molar-refractivity contribution >= 4 is 0 Å². The maximum atomic E-state index is 9.07. The quantitative estimate of drug-likeness (QED) is 0.670. The highest BCUT2D eigenvalue weighted by Crippen LogP contribution is 2.12. The molecule has 4 heteroatoms. The summed E-state index contributed by atoms with van der Waals surface area (Å²) in [7, 11) is 0. The summed E-state index contributed by atoms with van der Waals surface area (Å²) in [6, 6.07) is 2.43. The lowest BCUT2D eigenvalue weighted by Gasteiger charge is -2.37. The van der Waals surface area contributed by atoms with Crippen LogP contribution >= 0.6 is 0 Å². The van der Waals surface area contributed by atoms with Crippen molar-refractivity contribution in [1.82, 2.24) is 4.90 Å². The number of nitrogens with zero attached hydrogens (tertiary/aromatic N) is 2. The van der Waals surface area contributed by atoms with Crippen LogP contribution in [-0.2, 0) is 4.74 Å². The second-order valence-corrected chi connectivity index (χ2v) is 3.36. The van der Waals surface area contributed by atoms with Gasteiger partial charge in [0.15, 0.2) is 0 Å². The number of nitriles is 1. The molecule has 13 heavy (non-hydrogen) atoms. The van der Waals surface area contributed by atoms with Gasteiger partial charge in [0.05, 0.1) is 38.4 Å². The number of aliphatic hydroxyl groups excluding tert-OH is 1. The third-order valence-electron chi connectivity index (χ3n) is 2.44. The Morgan fingerprint density at radius 2 is 2.54 bits per heavy atom. The van der Waals surface area contributed by atoms with Gasteiger partial charge in [-0.15, -0.1) is 0 Å². The lowest BCUT2D eigenvalue weighted by Crippen LogP contribution is -2.51. The van der Waals surface area contributed by atoms with Gasteiger partial charge in [0.25, 0.3) is 0 Å². The van der Waals surface area contributed by atoms with Crippen LogP contribution in [0.3, 0.4) is 0 Å². The van der Waals surface area contributed by atoms with Crippen molar-refractivity contribution in [2.24, 2.45) is 0 Å². The maximum Gasteiger partial charge on any atom is 0.0644 e. The molecule has 4 nitrogen and oxygen atoms in total. The molecular formula is C9H16N2O2. The molecule has 0 radical (unpaired) electrons. The van der Waals surface area contributed by atoms with E-state index in [1.54, 1.807) is 0 Å². The Hall–Kier alpha value is -0.630. The summed E-state index contributed by atoms with van der Waals surface area (Å²) >= 11 is 0. The molecular weight excluding hydrogens is 168 g/mol. The molecule has 74 valence electrons. The summed E-state index contributed by atoms with van der Waals surface area (Å²) in [4.78, 5) is 2.15. The molecule has 1 saturated heterocycles. The topological polar surface area (TPSA) is 56.5 Å². The first kappa shape index (κ1) is 10.5. The number of ether oxygens (including phenoxy) is 1. The Morgan fingerprint density at radius 1 is 1.77 bits per heavy atom. The average Bonchev–Trinajstić information content (AvgIpc) is 2.18. The van der Waals surface area contributed by atoms with Crippen LogP contribution in [0.15, 0.2) is 0 Å². The zero-order valence-corrected chi connectivity index (χ0v) is 7.94. The smallest absolute Gasteiger partial charge is 0.0644 e. The molecule has 0 saturated carbocycles. The van der Waals surface area contributed by atoms with Gasteiger partial charge in [-0.1, -0.05) is 0 Å². The van der Waals surface area contributed by atoms with E-state index in [2.05, 4.69) is 11.0 Å². The second-order valence-electron chi connectivity index (χ2n) is 3.36. The number of aliphatic hydroxyl groups is 1. The minimum absolute atomic E-state index is 0.0668. The third-order valence-corrected chi connectivity index (χ3v) is 2.44. The zero-order chi connectivity index (χ0) is 9.68. The van der Waals surface area contributed by atoms with Gasteiger partial charge in [0.2, 0.25) is 0 Å². The molecule has 2 unspecified atom stereocenters. The molecule has 2 atom stereocenters. The number of hydrogen-bond acceptors (Lipinski definition) is 4. The van der Waals surface area contributed by atoms with Gasteiger partial charge in [0.1, 0.15) is 0 Å². The van der Waals surface area contributed by atoms with Crippen LogP contribution in [0, 0.1) is 11.3 Å². The SMILES string of the molecule is CC(CC#N)N1CCOCC1CO. The summed E-state index contributed by atoms with van der Waals surface area (Å²) in [6.07, 6.45) is 0.510. The highest BCUT2D eigenvalue weighted by molar-refractivity contribution is 4.85. The first-order valence-electron chi connectivity index (χ1n) is 4.61. The monoisotopic (exact) mass is 184 g/mol. The Kier molecular flexibility index (Phi) is 4.16. The van der Waals surface area contributed by atoms with Crippen LogP contribution in [0.1, 0.15) is 13.3 Å². The van der Waals surface area contributed by atoms with Crippen molar-refractivity contribution < 1.29 is 9.84 Å². The van der Waals surface area contributed by atoms with Gasteiger partial charge in [-0.2, -0.15) is 5.26 Å². The lowest BCUT2D eigenvalue weighted by atomic mass is 10.1. The molecule has 0 aliphatic carbocycles. The van der Waals surface area contributed by atoms with Crippen molar-refractivity contribution in [3.63, 3.8) is 0 Å². The summed E-state index contributed by atoms with van der Waals surface area (Å²) in [6.45, 7) is 4.21. The van der Waals surface area contributed by atoms with E-state index in [0.717, 1.165) is 6.54 Å². The lowest BCUT2D eigenvalue weighted by molar-refractivity contribution is -0.0432. The fraction of sp³-hybridized carbons (Fsp3) is 0.889. The first-order chi connectivity index (χ1) is 6.29. The number of morpholine rings is 1. The van der Waals surface area contributed by atoms with Crippen LogP contribution in [-0.4, -0.2) is 48.5 Å². The highest BCUT2D eigenvalue weighted by Gasteiger charge is 2.25. The Labute approximate surface area is 78.7 Å². The van der Waals surface area contributed by atoms with E-state index in [4.69, 9.17) is 15.1 Å². The fourth-order valence-electron chi connectivity index (χ4n) is 1.65. The van der Waals surface area contributed by atoms with Gasteiger partial charge in [-0.3, -0.25) is 4.90 Å². The predicted molar refractivity (Wildman–Crippen MR) is 48.1 cm³/mol. The molecule has 0 aromatic heterocycles. The predicted octanol–water partition coefficient (Wildman–Crippen LogP) is -0.0183. The largest absolute Gasteiger partial charge is 0.395 e. The average molecular weight is 184 g/mol. The van der Waals surface area contributed by atoms with Gasteiger partial charge >= 0.3 is 0 Å². The molecule has 1 heterocycles. The Morgan fingerprint density at radius 3 is 3.15 bits per heavy atom. The zero-order valence-electron chi connectivity index (χ0n) is 7.94. The standard InChI is InChI=1S/C9H16N2O2/c1-8(2-3-10)11-4-5-13-7-9(11)6-12/h8-9,12H,2,4-7H2,1H3. The van der Waals surface area contributed by atoms with Crippen molar-refractivity contribution in [3.05, 3.63) is 0 Å². The van der Waals surface area contributed by atoms with Gasteiger partial charge in [-0.05, 0) is 6.92 Å². The Balaban J connectivity index is 2.49. The fourth-order valence-corrected chi connectivity index (χ4v) is 1.65. The van der Waals surface area contributed by atoms with Crippen LogP contribution in [0.25, 0.3) is 0 Å². The van der Waals surface area contributed by atoms with Crippen molar-refractivity contribution in [2.45, 2.75) is 25.4 Å². The molecule has 0 bridgehead atoms. The van der Waals surface area contributed by atoms with Crippen LogP contribution in [0.4, 0.5) is 0 Å². The van der Waals surface area contributed by atoms with Crippen LogP contribution in [0.5, 0.6) is 0 Å². The van der Waals surface area contributed by atoms with Crippen LogP contribution < -0.4 is 0 Å². The molecule has 0 spiro atoms. The molecule has 1 fully saturated rings. The first-order valence-corrected chi connectivity index (χ1v) is 4.61. The van der Waals surface area contributed by atoms with E-state index in [1.807, 2.05) is 6.92 Å². The summed E-state index contributed by atoms with van der Waals surface area (Å²) in [5.74, 6) is 0. The molecule has 0 aromatic rings. The molecule has 0 aromatic carbocycles. The number of hydrogen-bond donors (Lipinski definition) is 1. The molecule has 1 N–H and O–H groups in total. The van der Waals surface area contributed by atoms with E-state index < -0.39 is 0 Å². The molecule has 1 aliphatic rings. The van der Waals surface area contributed by atoms with Crippen molar-refractivity contribution in [3.8, 4) is 6.07 Å². The highest BCUT2D eigenvalue weighted by atomic mass is 16.5. The normalized spacial score (nSPS) is 26.7. The second kappa shape index (κ2) is 5.18. The van der Waals surface area contributed by atoms with Gasteiger partial charge in [0, 0.05) is 12.6 Å². The minimum atomic E-state index is 0.0668. The maximum absolute atomic E-state index is 9.07. The summed E-state index contributed by atoms with van der Waals surface area (Å²) < 4.78 is 5.25. The third kappa shape index (κ3) is 2.66. The number of rotatable bonds is 3. The Bertz CT molecular complexity index is 191. The van der Waals surface area contributed by atoms with E-state index in [-0.39, 0.29) is 18.7 Å².